The standard InChI is InChI=1S/C23H27N3O5S2/c1-4-25(5-2)10-11-26(22(27)16-6-9-19-20(14-16)31-13-12-30-19)23-24-18-8-7-17(33(3,28)29)15-21(18)32-23/h6-9,14-15H,4-5,10-13H2,1-3H3. The fraction of sp³-hybridized carbons (Fsp3) is 0.391. The number of hydrogen-bond acceptors (Lipinski definition) is 8. The number of amides is 1. The number of ether oxygens (including phenoxy) is 2. The third kappa shape index (κ3) is 5.13. The van der Waals surface area contributed by atoms with Crippen LogP contribution in [0.4, 0.5) is 5.13 Å². The Bertz CT molecular complexity index is 1270. The van der Waals surface area contributed by atoms with Crippen LogP contribution in [0.15, 0.2) is 41.3 Å². The molecule has 1 aliphatic heterocycles. The van der Waals surface area contributed by atoms with Crippen molar-refractivity contribution in [3.63, 3.8) is 0 Å². The number of likely N-dealkylation sites (N-methyl/N-ethyl adjacent to an activating group) is 1. The molecule has 1 amide bonds. The first-order chi connectivity index (χ1) is 15.8. The molecule has 0 unspecified atom stereocenters. The molecule has 0 bridgehead atoms. The molecular weight excluding hydrogens is 462 g/mol. The van der Waals surface area contributed by atoms with Crippen LogP contribution < -0.4 is 14.4 Å². The number of benzene rings is 2. The van der Waals surface area contributed by atoms with Crippen molar-refractivity contribution in [2.75, 3.05) is 50.5 Å². The number of thiazole rings is 1. The van der Waals surface area contributed by atoms with E-state index in [4.69, 9.17) is 9.47 Å². The lowest BCUT2D eigenvalue weighted by Gasteiger charge is -2.25. The summed E-state index contributed by atoms with van der Waals surface area (Å²) >= 11 is 1.31. The minimum Gasteiger partial charge on any atom is -0.486 e. The lowest BCUT2D eigenvalue weighted by molar-refractivity contribution is 0.0982. The summed E-state index contributed by atoms with van der Waals surface area (Å²) in [5, 5.41) is 0.530. The Morgan fingerprint density at radius 3 is 2.45 bits per heavy atom. The number of fused-ring (bicyclic) bond motifs is 2. The summed E-state index contributed by atoms with van der Waals surface area (Å²) < 4.78 is 35.9. The van der Waals surface area contributed by atoms with Gasteiger partial charge in [0.05, 0.1) is 15.1 Å². The summed E-state index contributed by atoms with van der Waals surface area (Å²) in [5.41, 5.74) is 1.14. The Labute approximate surface area is 197 Å². The van der Waals surface area contributed by atoms with Gasteiger partial charge in [-0.25, -0.2) is 13.4 Å². The maximum absolute atomic E-state index is 13.6. The SMILES string of the molecule is CCN(CC)CCN(C(=O)c1ccc2c(c1)OCCO2)c1nc2ccc(S(C)(=O)=O)cc2s1. The second-order valence-electron chi connectivity index (χ2n) is 7.74. The van der Waals surface area contributed by atoms with Crippen molar-refractivity contribution in [3.8, 4) is 11.5 Å². The molecule has 4 rings (SSSR count). The van der Waals surface area contributed by atoms with E-state index >= 15 is 0 Å². The summed E-state index contributed by atoms with van der Waals surface area (Å²) in [6.45, 7) is 7.98. The second-order valence-corrected chi connectivity index (χ2v) is 10.8. The molecule has 1 aliphatic rings. The lowest BCUT2D eigenvalue weighted by atomic mass is 10.1. The molecule has 0 fully saturated rings. The molecule has 0 spiro atoms. The van der Waals surface area contributed by atoms with Gasteiger partial charge in [-0.05, 0) is 49.5 Å². The topological polar surface area (TPSA) is 89.0 Å². The molecule has 10 heteroatoms. The molecule has 8 nitrogen and oxygen atoms in total. The van der Waals surface area contributed by atoms with Crippen LogP contribution in [0.5, 0.6) is 11.5 Å². The van der Waals surface area contributed by atoms with Gasteiger partial charge in [-0.1, -0.05) is 25.2 Å². The zero-order valence-corrected chi connectivity index (χ0v) is 20.5. The molecular formula is C23H27N3O5S2. The van der Waals surface area contributed by atoms with Gasteiger partial charge >= 0.3 is 0 Å². The minimum atomic E-state index is -3.34. The Kier molecular flexibility index (Phi) is 6.87. The van der Waals surface area contributed by atoms with Gasteiger partial charge in [-0.2, -0.15) is 0 Å². The van der Waals surface area contributed by atoms with E-state index in [0.717, 1.165) is 17.8 Å². The predicted octanol–water partition coefficient (Wildman–Crippen LogP) is 3.46. The summed E-state index contributed by atoms with van der Waals surface area (Å²) in [7, 11) is -3.34. The zero-order valence-electron chi connectivity index (χ0n) is 18.9. The molecule has 2 aromatic carbocycles. The van der Waals surface area contributed by atoms with E-state index in [-0.39, 0.29) is 10.8 Å². The van der Waals surface area contributed by atoms with Crippen LogP contribution in [0.3, 0.4) is 0 Å². The average Bonchev–Trinajstić information content (AvgIpc) is 3.23. The molecule has 0 radical (unpaired) electrons. The molecule has 0 atom stereocenters. The number of nitrogens with zero attached hydrogens (tertiary/aromatic N) is 3. The number of hydrogen-bond donors (Lipinski definition) is 0. The highest BCUT2D eigenvalue weighted by Crippen LogP contribution is 2.34. The van der Waals surface area contributed by atoms with Crippen molar-refractivity contribution in [1.82, 2.24) is 9.88 Å². The Morgan fingerprint density at radius 2 is 1.76 bits per heavy atom. The number of anilines is 1. The van der Waals surface area contributed by atoms with Crippen LogP contribution in [-0.2, 0) is 9.84 Å². The largest absolute Gasteiger partial charge is 0.486 e. The monoisotopic (exact) mass is 489 g/mol. The number of rotatable bonds is 8. The average molecular weight is 490 g/mol. The highest BCUT2D eigenvalue weighted by Gasteiger charge is 2.24. The highest BCUT2D eigenvalue weighted by molar-refractivity contribution is 7.90. The number of carbonyl (C=O) groups is 1. The molecule has 33 heavy (non-hydrogen) atoms. The lowest BCUT2D eigenvalue weighted by Crippen LogP contribution is -2.38. The smallest absolute Gasteiger partial charge is 0.260 e. The van der Waals surface area contributed by atoms with Gasteiger partial charge in [-0.15, -0.1) is 0 Å². The van der Waals surface area contributed by atoms with E-state index in [2.05, 4.69) is 23.7 Å². The number of sulfone groups is 1. The van der Waals surface area contributed by atoms with E-state index in [0.29, 0.717) is 54.0 Å². The predicted molar refractivity (Wildman–Crippen MR) is 130 cm³/mol. The van der Waals surface area contributed by atoms with E-state index in [1.165, 1.54) is 17.6 Å². The number of carbonyl (C=O) groups excluding carboxylic acids is 1. The maximum Gasteiger partial charge on any atom is 0.260 e. The summed E-state index contributed by atoms with van der Waals surface area (Å²) in [6, 6.07) is 10.0. The Hall–Kier alpha value is -2.69. The van der Waals surface area contributed by atoms with Crippen molar-refractivity contribution in [2.24, 2.45) is 0 Å². The van der Waals surface area contributed by atoms with Crippen LogP contribution in [-0.4, -0.2) is 69.9 Å². The first-order valence-corrected chi connectivity index (χ1v) is 13.6. The van der Waals surface area contributed by atoms with E-state index in [9.17, 15) is 13.2 Å². The van der Waals surface area contributed by atoms with Crippen LogP contribution >= 0.6 is 11.3 Å². The molecule has 176 valence electrons. The molecule has 2 heterocycles. The summed E-state index contributed by atoms with van der Waals surface area (Å²) in [6.07, 6.45) is 1.18. The van der Waals surface area contributed by atoms with Gasteiger partial charge in [-0.3, -0.25) is 9.69 Å². The third-order valence-corrected chi connectivity index (χ3v) is 7.73. The van der Waals surface area contributed by atoms with Crippen LogP contribution in [0.1, 0.15) is 24.2 Å². The highest BCUT2D eigenvalue weighted by atomic mass is 32.2. The van der Waals surface area contributed by atoms with E-state index < -0.39 is 9.84 Å². The molecule has 0 N–H and O–H groups in total. The van der Waals surface area contributed by atoms with Crippen molar-refractivity contribution in [3.05, 3.63) is 42.0 Å². The Morgan fingerprint density at radius 1 is 1.03 bits per heavy atom. The van der Waals surface area contributed by atoms with E-state index in [1.807, 2.05) is 0 Å². The van der Waals surface area contributed by atoms with E-state index in [1.54, 1.807) is 41.3 Å². The fourth-order valence-corrected chi connectivity index (χ4v) is 5.39. The quantitative estimate of drug-likeness (QED) is 0.479. The van der Waals surface area contributed by atoms with Crippen molar-refractivity contribution in [2.45, 2.75) is 18.7 Å². The van der Waals surface area contributed by atoms with Gasteiger partial charge < -0.3 is 14.4 Å². The molecule has 0 saturated heterocycles. The molecule has 1 aromatic heterocycles. The van der Waals surface area contributed by atoms with Crippen LogP contribution in [0.25, 0.3) is 10.2 Å². The van der Waals surface area contributed by atoms with Crippen molar-refractivity contribution < 1.29 is 22.7 Å². The molecule has 0 saturated carbocycles. The van der Waals surface area contributed by atoms with Gasteiger partial charge in [0.1, 0.15) is 13.2 Å². The maximum atomic E-state index is 13.6. The summed E-state index contributed by atoms with van der Waals surface area (Å²) in [5.74, 6) is 0.986. The minimum absolute atomic E-state index is 0.193. The van der Waals surface area contributed by atoms with Gasteiger partial charge in [0, 0.05) is 24.9 Å². The first kappa shape index (κ1) is 23.5. The van der Waals surface area contributed by atoms with Gasteiger partial charge in [0.2, 0.25) is 0 Å². The fourth-order valence-electron chi connectivity index (χ4n) is 3.64. The van der Waals surface area contributed by atoms with Crippen molar-refractivity contribution >= 4 is 42.4 Å². The first-order valence-electron chi connectivity index (χ1n) is 10.8. The normalized spacial score (nSPS) is 13.5. The second kappa shape index (κ2) is 9.66. The third-order valence-electron chi connectivity index (χ3n) is 5.58. The zero-order chi connectivity index (χ0) is 23.6. The van der Waals surface area contributed by atoms with Gasteiger partial charge in [0.25, 0.3) is 5.91 Å². The number of aromatic nitrogens is 1. The molecule has 0 aliphatic carbocycles. The van der Waals surface area contributed by atoms with Crippen molar-refractivity contribution in [1.29, 1.82) is 0 Å². The Balaban J connectivity index is 1.70. The van der Waals surface area contributed by atoms with Gasteiger partial charge in [0.15, 0.2) is 26.5 Å². The van der Waals surface area contributed by atoms with Crippen LogP contribution in [0.2, 0.25) is 0 Å². The summed E-state index contributed by atoms with van der Waals surface area (Å²) in [4.78, 5) is 22.4. The van der Waals surface area contributed by atoms with Crippen LogP contribution in [0, 0.1) is 0 Å². The molecule has 3 aromatic rings.